The van der Waals surface area contributed by atoms with Gasteiger partial charge in [0.25, 0.3) is 0 Å². The van der Waals surface area contributed by atoms with Crippen molar-refractivity contribution in [3.63, 3.8) is 0 Å². The Kier molecular flexibility index (Phi) is 3.26. The largest absolute Gasteiger partial charge is 0.478 e. The molecule has 1 nitrogen and oxygen atoms in total. The highest BCUT2D eigenvalue weighted by atomic mass is 16.5. The second kappa shape index (κ2) is 4.66. The van der Waals surface area contributed by atoms with Crippen molar-refractivity contribution in [2.45, 2.75) is 0 Å². The Labute approximate surface area is 84.1 Å². The summed E-state index contributed by atoms with van der Waals surface area (Å²) in [6.45, 7) is 0.160. The van der Waals surface area contributed by atoms with Crippen LogP contribution in [0.1, 0.15) is 11.1 Å². The molecule has 0 radical (unpaired) electrons. The third-order valence-electron chi connectivity index (χ3n) is 1.63. The first-order chi connectivity index (χ1) is 6.83. The fraction of sp³-hybridized carbons (Fsp3) is 0.0769. The van der Waals surface area contributed by atoms with Crippen molar-refractivity contribution in [3.8, 4) is 42.8 Å². The molecule has 0 heterocycles. The summed E-state index contributed by atoms with van der Waals surface area (Å²) in [5, 5.41) is 0. The SMILES string of the molecule is C#CCOc1c(C#C)cccc1C#C. The molecule has 0 spiro atoms. The van der Waals surface area contributed by atoms with E-state index in [2.05, 4.69) is 17.8 Å². The Morgan fingerprint density at radius 2 is 1.64 bits per heavy atom. The first kappa shape index (κ1) is 9.79. The zero-order valence-corrected chi connectivity index (χ0v) is 7.58. The molecular formula is C13H8O. The van der Waals surface area contributed by atoms with Crippen LogP contribution in [0.5, 0.6) is 5.75 Å². The summed E-state index contributed by atoms with van der Waals surface area (Å²) in [5.74, 6) is 7.85. The fourth-order valence-electron chi connectivity index (χ4n) is 1.03. The van der Waals surface area contributed by atoms with Gasteiger partial charge in [-0.05, 0) is 12.1 Å². The molecule has 0 amide bonds. The van der Waals surface area contributed by atoms with E-state index >= 15 is 0 Å². The average Bonchev–Trinajstić information content (AvgIpc) is 2.25. The molecule has 0 bridgehead atoms. The number of para-hydroxylation sites is 1. The molecule has 66 valence electrons. The van der Waals surface area contributed by atoms with Gasteiger partial charge < -0.3 is 4.74 Å². The van der Waals surface area contributed by atoms with Crippen molar-refractivity contribution < 1.29 is 4.74 Å². The summed E-state index contributed by atoms with van der Waals surface area (Å²) >= 11 is 0. The van der Waals surface area contributed by atoms with Crippen LogP contribution < -0.4 is 4.74 Å². The first-order valence-electron chi connectivity index (χ1n) is 3.96. The van der Waals surface area contributed by atoms with Crippen LogP contribution in [0.4, 0.5) is 0 Å². The van der Waals surface area contributed by atoms with Gasteiger partial charge in [0.2, 0.25) is 0 Å². The lowest BCUT2D eigenvalue weighted by Gasteiger charge is -2.07. The van der Waals surface area contributed by atoms with Gasteiger partial charge in [-0.25, -0.2) is 0 Å². The molecule has 1 rings (SSSR count). The third kappa shape index (κ3) is 1.89. The monoisotopic (exact) mass is 180 g/mol. The van der Waals surface area contributed by atoms with Gasteiger partial charge in [-0.1, -0.05) is 23.8 Å². The molecule has 0 saturated heterocycles. The molecule has 0 unspecified atom stereocenters. The number of rotatable bonds is 2. The maximum absolute atomic E-state index is 5.30. The van der Waals surface area contributed by atoms with Crippen LogP contribution >= 0.6 is 0 Å². The van der Waals surface area contributed by atoms with Crippen molar-refractivity contribution >= 4 is 0 Å². The number of ether oxygens (including phenoxy) is 1. The summed E-state index contributed by atoms with van der Waals surface area (Å²) in [7, 11) is 0. The van der Waals surface area contributed by atoms with E-state index in [1.54, 1.807) is 18.2 Å². The van der Waals surface area contributed by atoms with E-state index in [1.165, 1.54) is 0 Å². The Bertz CT molecular complexity index is 417. The van der Waals surface area contributed by atoms with Crippen LogP contribution in [-0.4, -0.2) is 6.61 Å². The molecule has 1 aromatic rings. The van der Waals surface area contributed by atoms with Crippen molar-refractivity contribution in [2.75, 3.05) is 6.61 Å². The van der Waals surface area contributed by atoms with Crippen molar-refractivity contribution in [1.82, 2.24) is 0 Å². The van der Waals surface area contributed by atoms with E-state index in [0.29, 0.717) is 16.9 Å². The summed E-state index contributed by atoms with van der Waals surface area (Å²) in [6, 6.07) is 5.30. The van der Waals surface area contributed by atoms with Gasteiger partial charge in [0.15, 0.2) is 5.75 Å². The standard InChI is InChI=1S/C13H8O/c1-4-10-14-13-11(5-2)8-7-9-12(13)6-3/h1-3,7-9H,10H2. The van der Waals surface area contributed by atoms with Gasteiger partial charge >= 0.3 is 0 Å². The van der Waals surface area contributed by atoms with Gasteiger partial charge in [-0.15, -0.1) is 19.3 Å². The number of benzene rings is 1. The quantitative estimate of drug-likeness (QED) is 0.629. The van der Waals surface area contributed by atoms with E-state index < -0.39 is 0 Å². The molecule has 0 saturated carbocycles. The highest BCUT2D eigenvalue weighted by Gasteiger charge is 2.05. The zero-order valence-electron chi connectivity index (χ0n) is 7.58. The number of terminal acetylenes is 3. The second-order valence-corrected chi connectivity index (χ2v) is 2.46. The molecule has 1 heteroatoms. The minimum atomic E-state index is 0.160. The topological polar surface area (TPSA) is 9.23 Å². The lowest BCUT2D eigenvalue weighted by Crippen LogP contribution is -1.98. The van der Waals surface area contributed by atoms with Crippen LogP contribution in [0.3, 0.4) is 0 Å². The minimum absolute atomic E-state index is 0.160. The summed E-state index contributed by atoms with van der Waals surface area (Å²) < 4.78 is 5.28. The smallest absolute Gasteiger partial charge is 0.151 e. The van der Waals surface area contributed by atoms with Crippen molar-refractivity contribution in [3.05, 3.63) is 29.3 Å². The van der Waals surface area contributed by atoms with Crippen molar-refractivity contribution in [2.24, 2.45) is 0 Å². The Balaban J connectivity index is 3.17. The lowest BCUT2D eigenvalue weighted by atomic mass is 10.1. The van der Waals surface area contributed by atoms with Crippen LogP contribution in [0.25, 0.3) is 0 Å². The predicted molar refractivity (Wildman–Crippen MR) is 56.6 cm³/mol. The van der Waals surface area contributed by atoms with E-state index in [9.17, 15) is 0 Å². The number of hydrogen-bond acceptors (Lipinski definition) is 1. The maximum Gasteiger partial charge on any atom is 0.151 e. The highest BCUT2D eigenvalue weighted by molar-refractivity contribution is 5.55. The van der Waals surface area contributed by atoms with Crippen LogP contribution in [0.2, 0.25) is 0 Å². The predicted octanol–water partition coefficient (Wildman–Crippen LogP) is 1.66. The molecule has 0 aliphatic carbocycles. The van der Waals surface area contributed by atoms with Gasteiger partial charge in [0.05, 0.1) is 11.1 Å². The Morgan fingerprint density at radius 3 is 2.07 bits per heavy atom. The Hall–Kier alpha value is -2.30. The minimum Gasteiger partial charge on any atom is -0.478 e. The van der Waals surface area contributed by atoms with Gasteiger partial charge in [0, 0.05) is 0 Å². The van der Waals surface area contributed by atoms with E-state index in [-0.39, 0.29) is 6.61 Å². The van der Waals surface area contributed by atoms with Crippen LogP contribution in [0, 0.1) is 37.0 Å². The summed E-state index contributed by atoms with van der Waals surface area (Å²) in [6.07, 6.45) is 15.7. The van der Waals surface area contributed by atoms with E-state index in [4.69, 9.17) is 24.0 Å². The lowest BCUT2D eigenvalue weighted by molar-refractivity contribution is 0.368. The van der Waals surface area contributed by atoms with Gasteiger partial charge in [-0.2, -0.15) is 0 Å². The summed E-state index contributed by atoms with van der Waals surface area (Å²) in [5.41, 5.74) is 1.24. The molecule has 14 heavy (non-hydrogen) atoms. The van der Waals surface area contributed by atoms with Gasteiger partial charge in [0.1, 0.15) is 6.61 Å². The average molecular weight is 180 g/mol. The Morgan fingerprint density at radius 1 is 1.07 bits per heavy atom. The molecule has 1 aromatic carbocycles. The fourth-order valence-corrected chi connectivity index (χ4v) is 1.03. The maximum atomic E-state index is 5.30. The molecular weight excluding hydrogens is 172 g/mol. The zero-order chi connectivity index (χ0) is 10.4. The molecule has 0 fully saturated rings. The van der Waals surface area contributed by atoms with E-state index in [0.717, 1.165) is 0 Å². The molecule has 0 aliphatic heterocycles. The summed E-state index contributed by atoms with van der Waals surface area (Å²) in [4.78, 5) is 0. The van der Waals surface area contributed by atoms with Gasteiger partial charge in [-0.3, -0.25) is 0 Å². The number of hydrogen-bond donors (Lipinski definition) is 0. The highest BCUT2D eigenvalue weighted by Crippen LogP contribution is 2.22. The third-order valence-corrected chi connectivity index (χ3v) is 1.63. The second-order valence-electron chi connectivity index (χ2n) is 2.46. The first-order valence-corrected chi connectivity index (χ1v) is 3.96. The normalized spacial score (nSPS) is 8.07. The molecule has 0 aliphatic rings. The van der Waals surface area contributed by atoms with Crippen LogP contribution in [-0.2, 0) is 0 Å². The van der Waals surface area contributed by atoms with Crippen molar-refractivity contribution in [1.29, 1.82) is 0 Å². The molecule has 0 atom stereocenters. The molecule has 0 N–H and O–H groups in total. The molecule has 0 aromatic heterocycles. The van der Waals surface area contributed by atoms with E-state index in [1.807, 2.05) is 0 Å². The van der Waals surface area contributed by atoms with Crippen LogP contribution in [0.15, 0.2) is 18.2 Å².